The van der Waals surface area contributed by atoms with E-state index in [1.807, 2.05) is 24.4 Å². The molecule has 0 fully saturated rings. The lowest BCUT2D eigenvalue weighted by Gasteiger charge is -2.20. The topological polar surface area (TPSA) is 44.7 Å². The van der Waals surface area contributed by atoms with Gasteiger partial charge in [-0.25, -0.2) is 0 Å². The molecule has 2 aromatic rings. The van der Waals surface area contributed by atoms with Crippen molar-refractivity contribution in [2.24, 2.45) is 4.99 Å². The number of amides is 1. The lowest BCUT2D eigenvalue weighted by molar-refractivity contribution is 0.0955. The van der Waals surface area contributed by atoms with Gasteiger partial charge in [0, 0.05) is 37.1 Å². The summed E-state index contributed by atoms with van der Waals surface area (Å²) in [7, 11) is 0. The highest BCUT2D eigenvalue weighted by molar-refractivity contribution is 5.94. The minimum atomic E-state index is -0.0608. The summed E-state index contributed by atoms with van der Waals surface area (Å²) in [6.07, 6.45) is 1.85. The van der Waals surface area contributed by atoms with E-state index in [2.05, 4.69) is 53.3 Å². The predicted molar refractivity (Wildman–Crippen MR) is 101 cm³/mol. The molecule has 1 amide bonds. The third-order valence-electron chi connectivity index (χ3n) is 3.82. The van der Waals surface area contributed by atoms with Gasteiger partial charge in [-0.2, -0.15) is 0 Å². The standard InChI is InChI=1S/C20H25N3O/c1-3-23(4-2)19-12-10-17(11-13-19)16-21-14-15-22-20(24)18-8-6-5-7-9-18/h5-13,16H,3-4,14-15H2,1-2H3,(H,22,24). The number of nitrogens with zero attached hydrogens (tertiary/aromatic N) is 2. The van der Waals surface area contributed by atoms with E-state index < -0.39 is 0 Å². The van der Waals surface area contributed by atoms with E-state index in [0.29, 0.717) is 18.7 Å². The lowest BCUT2D eigenvalue weighted by atomic mass is 10.2. The van der Waals surface area contributed by atoms with Crippen LogP contribution in [0.1, 0.15) is 29.8 Å². The van der Waals surface area contributed by atoms with Crippen molar-refractivity contribution in [1.29, 1.82) is 0 Å². The van der Waals surface area contributed by atoms with Crippen LogP contribution in [0.25, 0.3) is 0 Å². The van der Waals surface area contributed by atoms with Gasteiger partial charge < -0.3 is 10.2 Å². The molecule has 126 valence electrons. The highest BCUT2D eigenvalue weighted by Gasteiger charge is 2.02. The Hall–Kier alpha value is -2.62. The Morgan fingerprint density at radius 3 is 2.33 bits per heavy atom. The summed E-state index contributed by atoms with van der Waals surface area (Å²) < 4.78 is 0. The number of anilines is 1. The van der Waals surface area contributed by atoms with E-state index >= 15 is 0 Å². The third-order valence-corrected chi connectivity index (χ3v) is 3.82. The van der Waals surface area contributed by atoms with Crippen molar-refractivity contribution in [2.75, 3.05) is 31.1 Å². The molecule has 24 heavy (non-hydrogen) atoms. The Morgan fingerprint density at radius 1 is 1.04 bits per heavy atom. The molecule has 0 aliphatic rings. The molecular weight excluding hydrogens is 298 g/mol. The Labute approximate surface area is 144 Å². The number of aliphatic imine (C=N–C) groups is 1. The van der Waals surface area contributed by atoms with Crippen LogP contribution in [0.2, 0.25) is 0 Å². The molecule has 0 aliphatic carbocycles. The summed E-state index contributed by atoms with van der Waals surface area (Å²) in [5.41, 5.74) is 2.97. The minimum absolute atomic E-state index is 0.0608. The van der Waals surface area contributed by atoms with Crippen molar-refractivity contribution >= 4 is 17.8 Å². The van der Waals surface area contributed by atoms with Gasteiger partial charge in [-0.15, -0.1) is 0 Å². The van der Waals surface area contributed by atoms with Crippen LogP contribution >= 0.6 is 0 Å². The molecule has 0 bridgehead atoms. The molecule has 0 heterocycles. The van der Waals surface area contributed by atoms with Crippen molar-refractivity contribution < 1.29 is 4.79 Å². The van der Waals surface area contributed by atoms with E-state index in [1.54, 1.807) is 12.1 Å². The zero-order valence-corrected chi connectivity index (χ0v) is 14.4. The maximum atomic E-state index is 11.9. The van der Waals surface area contributed by atoms with Crippen molar-refractivity contribution in [3.63, 3.8) is 0 Å². The summed E-state index contributed by atoms with van der Waals surface area (Å²) in [5.74, 6) is -0.0608. The molecule has 0 radical (unpaired) electrons. The van der Waals surface area contributed by atoms with Crippen LogP contribution in [0.4, 0.5) is 5.69 Å². The van der Waals surface area contributed by atoms with E-state index in [0.717, 1.165) is 18.7 Å². The number of carbonyl (C=O) groups excluding carboxylic acids is 1. The second kappa shape index (κ2) is 9.50. The average molecular weight is 323 g/mol. The minimum Gasteiger partial charge on any atom is -0.372 e. The molecule has 2 rings (SSSR count). The van der Waals surface area contributed by atoms with Gasteiger partial charge in [0.25, 0.3) is 5.91 Å². The molecule has 0 atom stereocenters. The van der Waals surface area contributed by atoms with Gasteiger partial charge in [-0.05, 0) is 43.7 Å². The number of hydrogen-bond donors (Lipinski definition) is 1. The van der Waals surface area contributed by atoms with Gasteiger partial charge in [0.05, 0.1) is 6.54 Å². The Morgan fingerprint density at radius 2 is 1.71 bits per heavy atom. The molecule has 0 saturated carbocycles. The highest BCUT2D eigenvalue weighted by atomic mass is 16.1. The summed E-state index contributed by atoms with van der Waals surface area (Å²) >= 11 is 0. The maximum Gasteiger partial charge on any atom is 0.251 e. The fraction of sp³-hybridized carbons (Fsp3) is 0.300. The normalized spacial score (nSPS) is 10.8. The molecule has 4 nitrogen and oxygen atoms in total. The van der Waals surface area contributed by atoms with Crippen molar-refractivity contribution in [2.45, 2.75) is 13.8 Å². The van der Waals surface area contributed by atoms with Crippen LogP contribution in [-0.2, 0) is 0 Å². The first kappa shape index (κ1) is 17.7. The van der Waals surface area contributed by atoms with Crippen LogP contribution in [-0.4, -0.2) is 38.3 Å². The first-order valence-electron chi connectivity index (χ1n) is 8.42. The van der Waals surface area contributed by atoms with Crippen LogP contribution < -0.4 is 10.2 Å². The second-order valence-electron chi connectivity index (χ2n) is 5.42. The SMILES string of the molecule is CCN(CC)c1ccc(C=NCCNC(=O)c2ccccc2)cc1. The zero-order chi connectivity index (χ0) is 17.2. The largest absolute Gasteiger partial charge is 0.372 e. The van der Waals surface area contributed by atoms with E-state index in [-0.39, 0.29) is 5.91 Å². The average Bonchev–Trinajstić information content (AvgIpc) is 2.64. The van der Waals surface area contributed by atoms with Crippen LogP contribution in [0.3, 0.4) is 0 Å². The smallest absolute Gasteiger partial charge is 0.251 e. The quantitative estimate of drug-likeness (QED) is 0.598. The molecule has 4 heteroatoms. The summed E-state index contributed by atoms with van der Waals surface area (Å²) in [6, 6.07) is 17.6. The lowest BCUT2D eigenvalue weighted by Crippen LogP contribution is -2.25. The number of benzene rings is 2. The van der Waals surface area contributed by atoms with Gasteiger partial charge >= 0.3 is 0 Å². The Balaban J connectivity index is 1.77. The zero-order valence-electron chi connectivity index (χ0n) is 14.4. The van der Waals surface area contributed by atoms with Crippen molar-refractivity contribution in [3.05, 3.63) is 65.7 Å². The third kappa shape index (κ3) is 5.23. The summed E-state index contributed by atoms with van der Waals surface area (Å²) in [6.45, 7) is 7.42. The van der Waals surface area contributed by atoms with Crippen molar-refractivity contribution in [1.82, 2.24) is 5.32 Å². The molecule has 0 unspecified atom stereocenters. The first-order chi connectivity index (χ1) is 11.7. The molecule has 1 N–H and O–H groups in total. The van der Waals surface area contributed by atoms with Crippen LogP contribution in [0.15, 0.2) is 59.6 Å². The number of hydrogen-bond acceptors (Lipinski definition) is 3. The molecular formula is C20H25N3O. The van der Waals surface area contributed by atoms with Gasteiger partial charge in [0.1, 0.15) is 0 Å². The van der Waals surface area contributed by atoms with Gasteiger partial charge in [0.2, 0.25) is 0 Å². The first-order valence-corrected chi connectivity index (χ1v) is 8.42. The number of nitrogens with one attached hydrogen (secondary N) is 1. The van der Waals surface area contributed by atoms with Gasteiger partial charge in [-0.3, -0.25) is 9.79 Å². The van der Waals surface area contributed by atoms with Crippen LogP contribution in [0.5, 0.6) is 0 Å². The van der Waals surface area contributed by atoms with E-state index in [9.17, 15) is 4.79 Å². The predicted octanol–water partition coefficient (Wildman–Crippen LogP) is 3.38. The Bertz CT molecular complexity index is 646. The maximum absolute atomic E-state index is 11.9. The highest BCUT2D eigenvalue weighted by Crippen LogP contribution is 2.13. The fourth-order valence-corrected chi connectivity index (χ4v) is 2.46. The van der Waals surface area contributed by atoms with E-state index in [4.69, 9.17) is 0 Å². The molecule has 2 aromatic carbocycles. The van der Waals surface area contributed by atoms with Crippen LogP contribution in [0, 0.1) is 0 Å². The number of carbonyl (C=O) groups is 1. The van der Waals surface area contributed by atoms with Crippen molar-refractivity contribution in [3.8, 4) is 0 Å². The van der Waals surface area contributed by atoms with E-state index in [1.165, 1.54) is 5.69 Å². The molecule has 0 saturated heterocycles. The monoisotopic (exact) mass is 323 g/mol. The van der Waals surface area contributed by atoms with Gasteiger partial charge in [-0.1, -0.05) is 30.3 Å². The Kier molecular flexibility index (Phi) is 7.02. The van der Waals surface area contributed by atoms with Gasteiger partial charge in [0.15, 0.2) is 0 Å². The fourth-order valence-electron chi connectivity index (χ4n) is 2.46. The number of rotatable bonds is 8. The summed E-state index contributed by atoms with van der Waals surface area (Å²) in [5, 5.41) is 2.87. The summed E-state index contributed by atoms with van der Waals surface area (Å²) in [4.78, 5) is 18.5. The molecule has 0 spiro atoms. The molecule has 0 aliphatic heterocycles. The second-order valence-corrected chi connectivity index (χ2v) is 5.42. The molecule has 0 aromatic heterocycles.